The van der Waals surface area contributed by atoms with E-state index in [2.05, 4.69) is 4.98 Å². The van der Waals surface area contributed by atoms with E-state index >= 15 is 0 Å². The van der Waals surface area contributed by atoms with Crippen molar-refractivity contribution in [3.05, 3.63) is 74.3 Å². The summed E-state index contributed by atoms with van der Waals surface area (Å²) in [4.78, 5) is 16.6. The zero-order chi connectivity index (χ0) is 15.7. The molecule has 0 saturated carbocycles. The van der Waals surface area contributed by atoms with Gasteiger partial charge in [-0.1, -0.05) is 29.3 Å². The van der Waals surface area contributed by atoms with Crippen LogP contribution in [0.3, 0.4) is 0 Å². The van der Waals surface area contributed by atoms with Gasteiger partial charge < -0.3 is 4.74 Å². The monoisotopic (exact) mass is 334 g/mol. The van der Waals surface area contributed by atoms with Gasteiger partial charge in [0.25, 0.3) is 5.56 Å². The maximum absolute atomic E-state index is 12.2. The average Bonchev–Trinajstić information content (AvgIpc) is 2.46. The number of hydrogen-bond acceptors (Lipinski definition) is 3. The van der Waals surface area contributed by atoms with Crippen molar-refractivity contribution < 1.29 is 4.74 Å². The number of ether oxygens (including phenoxy) is 1. The molecule has 0 fully saturated rings. The molecule has 0 aliphatic carbocycles. The first kappa shape index (κ1) is 14.9. The molecule has 4 nitrogen and oxygen atoms in total. The SMILES string of the molecule is Cc1cccc2nc(COc3ccc(Cl)cc3Cl)cc(=O)n12. The molecule has 3 aromatic rings. The topological polar surface area (TPSA) is 43.6 Å². The molecule has 3 rings (SSSR count). The first-order valence-electron chi connectivity index (χ1n) is 6.61. The lowest BCUT2D eigenvalue weighted by molar-refractivity contribution is 0.301. The summed E-state index contributed by atoms with van der Waals surface area (Å²) in [6, 6.07) is 11.9. The number of benzene rings is 1. The number of fused-ring (bicyclic) bond motifs is 1. The van der Waals surface area contributed by atoms with Crippen LogP contribution in [0, 0.1) is 6.92 Å². The Hall–Kier alpha value is -2.04. The van der Waals surface area contributed by atoms with Crippen LogP contribution in [-0.2, 0) is 6.61 Å². The minimum atomic E-state index is -0.135. The Morgan fingerprint density at radius 3 is 2.77 bits per heavy atom. The Bertz CT molecular complexity index is 906. The second-order valence-corrected chi connectivity index (χ2v) is 5.65. The molecule has 2 aromatic heterocycles. The molecule has 22 heavy (non-hydrogen) atoms. The number of aromatic nitrogens is 2. The first-order chi connectivity index (χ1) is 10.5. The molecule has 0 N–H and O–H groups in total. The van der Waals surface area contributed by atoms with Gasteiger partial charge in [0.15, 0.2) is 0 Å². The van der Waals surface area contributed by atoms with Crippen LogP contribution in [-0.4, -0.2) is 9.38 Å². The van der Waals surface area contributed by atoms with Crippen molar-refractivity contribution in [3.8, 4) is 5.75 Å². The van der Waals surface area contributed by atoms with Crippen molar-refractivity contribution in [2.45, 2.75) is 13.5 Å². The molecular formula is C16H12Cl2N2O2. The molecule has 0 aliphatic heterocycles. The maximum atomic E-state index is 12.2. The quantitative estimate of drug-likeness (QED) is 0.729. The Morgan fingerprint density at radius 2 is 2.00 bits per heavy atom. The third-order valence-electron chi connectivity index (χ3n) is 3.20. The molecule has 0 aliphatic rings. The normalized spacial score (nSPS) is 10.9. The summed E-state index contributed by atoms with van der Waals surface area (Å²) in [5.74, 6) is 0.498. The lowest BCUT2D eigenvalue weighted by Gasteiger charge is -2.09. The fourth-order valence-electron chi connectivity index (χ4n) is 2.18. The molecule has 0 atom stereocenters. The predicted molar refractivity (Wildman–Crippen MR) is 87.0 cm³/mol. The summed E-state index contributed by atoms with van der Waals surface area (Å²) in [6.45, 7) is 2.01. The van der Waals surface area contributed by atoms with Gasteiger partial charge in [0, 0.05) is 16.8 Å². The summed E-state index contributed by atoms with van der Waals surface area (Å²) < 4.78 is 7.17. The number of rotatable bonds is 3. The summed E-state index contributed by atoms with van der Waals surface area (Å²) in [5.41, 5.74) is 1.84. The fourth-order valence-corrected chi connectivity index (χ4v) is 2.64. The number of hydrogen-bond donors (Lipinski definition) is 0. The molecule has 0 radical (unpaired) electrons. The van der Waals surface area contributed by atoms with Crippen molar-refractivity contribution in [3.63, 3.8) is 0 Å². The first-order valence-corrected chi connectivity index (χ1v) is 7.36. The molecular weight excluding hydrogens is 323 g/mol. The molecule has 0 spiro atoms. The Kier molecular flexibility index (Phi) is 4.05. The van der Waals surface area contributed by atoms with Gasteiger partial charge in [0.05, 0.1) is 10.7 Å². The van der Waals surface area contributed by atoms with E-state index in [0.717, 1.165) is 5.69 Å². The highest BCUT2D eigenvalue weighted by molar-refractivity contribution is 6.35. The fraction of sp³-hybridized carbons (Fsp3) is 0.125. The van der Waals surface area contributed by atoms with Crippen molar-refractivity contribution >= 4 is 28.8 Å². The maximum Gasteiger partial charge on any atom is 0.258 e. The van der Waals surface area contributed by atoms with Crippen molar-refractivity contribution in [1.29, 1.82) is 0 Å². The average molecular weight is 335 g/mol. The van der Waals surface area contributed by atoms with Gasteiger partial charge in [0.1, 0.15) is 18.0 Å². The molecule has 0 bridgehead atoms. The highest BCUT2D eigenvalue weighted by atomic mass is 35.5. The Balaban J connectivity index is 1.90. The summed E-state index contributed by atoms with van der Waals surface area (Å²) in [6.07, 6.45) is 0. The smallest absolute Gasteiger partial charge is 0.258 e. The van der Waals surface area contributed by atoms with E-state index in [4.69, 9.17) is 27.9 Å². The Morgan fingerprint density at radius 1 is 1.18 bits per heavy atom. The van der Waals surface area contributed by atoms with Crippen molar-refractivity contribution in [2.24, 2.45) is 0 Å². The molecule has 0 saturated heterocycles. The van der Waals surface area contributed by atoms with E-state index < -0.39 is 0 Å². The van der Waals surface area contributed by atoms with Crippen molar-refractivity contribution in [2.75, 3.05) is 0 Å². The van der Waals surface area contributed by atoms with E-state index in [1.54, 1.807) is 28.7 Å². The third kappa shape index (κ3) is 2.93. The van der Waals surface area contributed by atoms with E-state index in [-0.39, 0.29) is 12.2 Å². The molecule has 0 unspecified atom stereocenters. The summed E-state index contributed by atoms with van der Waals surface area (Å²) in [7, 11) is 0. The van der Waals surface area contributed by atoms with Gasteiger partial charge in [-0.15, -0.1) is 0 Å². The lowest BCUT2D eigenvalue weighted by Crippen LogP contribution is -2.18. The largest absolute Gasteiger partial charge is 0.486 e. The van der Waals surface area contributed by atoms with Crippen LogP contribution < -0.4 is 10.3 Å². The second-order valence-electron chi connectivity index (χ2n) is 4.81. The predicted octanol–water partition coefficient (Wildman–Crippen LogP) is 3.89. The Labute approximate surface area is 136 Å². The lowest BCUT2D eigenvalue weighted by atomic mass is 10.3. The van der Waals surface area contributed by atoms with Gasteiger partial charge in [0.2, 0.25) is 0 Å². The molecule has 6 heteroatoms. The van der Waals surface area contributed by atoms with Crippen LogP contribution in [0.2, 0.25) is 10.0 Å². The van der Waals surface area contributed by atoms with Gasteiger partial charge >= 0.3 is 0 Å². The minimum Gasteiger partial charge on any atom is -0.486 e. The molecule has 112 valence electrons. The van der Waals surface area contributed by atoms with Crippen LogP contribution in [0.4, 0.5) is 0 Å². The van der Waals surface area contributed by atoms with Crippen LogP contribution >= 0.6 is 23.2 Å². The van der Waals surface area contributed by atoms with E-state index in [1.807, 2.05) is 19.1 Å². The molecule has 0 amide bonds. The highest BCUT2D eigenvalue weighted by Gasteiger charge is 2.07. The van der Waals surface area contributed by atoms with E-state index in [9.17, 15) is 4.79 Å². The van der Waals surface area contributed by atoms with Gasteiger partial charge in [-0.2, -0.15) is 0 Å². The summed E-state index contributed by atoms with van der Waals surface area (Å²) in [5, 5.41) is 0.954. The standard InChI is InChI=1S/C16H12Cl2N2O2/c1-10-3-2-4-15-19-12(8-16(21)20(10)15)9-22-14-6-5-11(17)7-13(14)18/h2-8H,9H2,1H3. The van der Waals surface area contributed by atoms with Crippen molar-refractivity contribution in [1.82, 2.24) is 9.38 Å². The number of pyridine rings is 1. The zero-order valence-electron chi connectivity index (χ0n) is 11.7. The van der Waals surface area contributed by atoms with Crippen LogP contribution in [0.5, 0.6) is 5.75 Å². The number of halogens is 2. The van der Waals surface area contributed by atoms with E-state index in [0.29, 0.717) is 27.1 Å². The highest BCUT2D eigenvalue weighted by Crippen LogP contribution is 2.27. The van der Waals surface area contributed by atoms with Crippen LogP contribution in [0.25, 0.3) is 5.65 Å². The molecule has 2 heterocycles. The minimum absolute atomic E-state index is 0.135. The van der Waals surface area contributed by atoms with E-state index in [1.165, 1.54) is 6.07 Å². The summed E-state index contributed by atoms with van der Waals surface area (Å²) >= 11 is 11.9. The number of aryl methyl sites for hydroxylation is 1. The van der Waals surface area contributed by atoms with Gasteiger partial charge in [-0.25, -0.2) is 4.98 Å². The number of nitrogens with zero attached hydrogens (tertiary/aromatic N) is 2. The second kappa shape index (κ2) is 5.99. The zero-order valence-corrected chi connectivity index (χ0v) is 13.2. The molecule has 1 aromatic carbocycles. The van der Waals surface area contributed by atoms with Crippen LogP contribution in [0.1, 0.15) is 11.4 Å². The van der Waals surface area contributed by atoms with Gasteiger partial charge in [-0.3, -0.25) is 9.20 Å². The third-order valence-corrected chi connectivity index (χ3v) is 3.73. The van der Waals surface area contributed by atoms with Gasteiger partial charge in [-0.05, 0) is 37.3 Å². The van der Waals surface area contributed by atoms with Crippen LogP contribution in [0.15, 0.2) is 47.3 Å².